The van der Waals surface area contributed by atoms with Gasteiger partial charge in [0.1, 0.15) is 0 Å². The second kappa shape index (κ2) is 6.38. The van der Waals surface area contributed by atoms with Gasteiger partial charge < -0.3 is 14.7 Å². The van der Waals surface area contributed by atoms with Gasteiger partial charge >= 0.3 is 0 Å². The summed E-state index contributed by atoms with van der Waals surface area (Å²) in [5.41, 5.74) is 0. The van der Waals surface area contributed by atoms with E-state index in [4.69, 9.17) is 9.84 Å². The molecule has 1 saturated heterocycles. The molecule has 0 aliphatic carbocycles. The molecule has 0 spiro atoms. The first-order valence-electron chi connectivity index (χ1n) is 5.61. The zero-order valence-electron chi connectivity index (χ0n) is 9.41. The molecule has 0 aromatic rings. The maximum atomic E-state index is 9.12. The molecule has 1 fully saturated rings. The molecule has 1 heterocycles. The van der Waals surface area contributed by atoms with Crippen molar-refractivity contribution >= 4 is 0 Å². The standard InChI is InChI=1S/C11H23NO2/c1-10(13)4-3-6-12-7-5-11(8-12)9-14-2/h10-11,13H,3-9H2,1-2H3. The lowest BCUT2D eigenvalue weighted by molar-refractivity contribution is 0.150. The molecule has 0 bridgehead atoms. The molecule has 0 saturated carbocycles. The first-order valence-corrected chi connectivity index (χ1v) is 5.61. The van der Waals surface area contributed by atoms with E-state index in [1.54, 1.807) is 7.11 Å². The second-order valence-corrected chi connectivity index (χ2v) is 4.40. The summed E-state index contributed by atoms with van der Waals surface area (Å²) in [4.78, 5) is 2.48. The van der Waals surface area contributed by atoms with Crippen molar-refractivity contribution in [3.63, 3.8) is 0 Å². The summed E-state index contributed by atoms with van der Waals surface area (Å²) in [5, 5.41) is 9.12. The SMILES string of the molecule is COCC1CCN(CCCC(C)O)C1. The maximum absolute atomic E-state index is 9.12. The lowest BCUT2D eigenvalue weighted by Gasteiger charge is -2.16. The fraction of sp³-hybridized carbons (Fsp3) is 1.00. The van der Waals surface area contributed by atoms with Crippen LogP contribution in [-0.2, 0) is 4.74 Å². The van der Waals surface area contributed by atoms with Crippen LogP contribution in [0.3, 0.4) is 0 Å². The van der Waals surface area contributed by atoms with E-state index in [0.717, 1.165) is 31.9 Å². The van der Waals surface area contributed by atoms with Gasteiger partial charge in [0.15, 0.2) is 0 Å². The van der Waals surface area contributed by atoms with Gasteiger partial charge in [0.2, 0.25) is 0 Å². The van der Waals surface area contributed by atoms with E-state index in [-0.39, 0.29) is 6.10 Å². The van der Waals surface area contributed by atoms with Crippen LogP contribution < -0.4 is 0 Å². The molecule has 3 nitrogen and oxygen atoms in total. The third-order valence-corrected chi connectivity index (χ3v) is 2.87. The molecule has 84 valence electrons. The molecule has 1 N–H and O–H groups in total. The highest BCUT2D eigenvalue weighted by Gasteiger charge is 2.21. The van der Waals surface area contributed by atoms with Crippen LogP contribution >= 0.6 is 0 Å². The summed E-state index contributed by atoms with van der Waals surface area (Å²) in [6.45, 7) is 6.26. The number of nitrogens with zero attached hydrogens (tertiary/aromatic N) is 1. The quantitative estimate of drug-likeness (QED) is 0.699. The molecule has 2 atom stereocenters. The van der Waals surface area contributed by atoms with Crippen molar-refractivity contribution in [1.82, 2.24) is 4.90 Å². The normalized spacial score (nSPS) is 25.5. The summed E-state index contributed by atoms with van der Waals surface area (Å²) in [6.07, 6.45) is 3.15. The van der Waals surface area contributed by atoms with Crippen LogP contribution in [0.5, 0.6) is 0 Å². The molecule has 0 radical (unpaired) electrons. The van der Waals surface area contributed by atoms with Gasteiger partial charge in [0.05, 0.1) is 12.7 Å². The average Bonchev–Trinajstić information content (AvgIpc) is 2.53. The zero-order valence-corrected chi connectivity index (χ0v) is 9.41. The highest BCUT2D eigenvalue weighted by atomic mass is 16.5. The van der Waals surface area contributed by atoms with Crippen molar-refractivity contribution in [2.75, 3.05) is 33.4 Å². The lowest BCUT2D eigenvalue weighted by Crippen LogP contribution is -2.23. The fourth-order valence-electron chi connectivity index (χ4n) is 2.10. The van der Waals surface area contributed by atoms with Gasteiger partial charge in [0, 0.05) is 13.7 Å². The molecule has 1 aliphatic rings. The predicted octanol–water partition coefficient (Wildman–Crippen LogP) is 1.12. The first kappa shape index (κ1) is 12.0. The summed E-state index contributed by atoms with van der Waals surface area (Å²) >= 11 is 0. The van der Waals surface area contributed by atoms with Crippen molar-refractivity contribution in [3.8, 4) is 0 Å². The smallest absolute Gasteiger partial charge is 0.0512 e. The Morgan fingerprint density at radius 2 is 2.36 bits per heavy atom. The van der Waals surface area contributed by atoms with Crippen molar-refractivity contribution in [2.45, 2.75) is 32.3 Å². The van der Waals surface area contributed by atoms with Gasteiger partial charge in [-0.05, 0) is 45.2 Å². The third kappa shape index (κ3) is 4.40. The maximum Gasteiger partial charge on any atom is 0.0512 e. The van der Waals surface area contributed by atoms with Crippen LogP contribution in [0.2, 0.25) is 0 Å². The van der Waals surface area contributed by atoms with E-state index in [1.165, 1.54) is 19.5 Å². The molecule has 14 heavy (non-hydrogen) atoms. The molecule has 2 unspecified atom stereocenters. The van der Waals surface area contributed by atoms with Crippen molar-refractivity contribution in [1.29, 1.82) is 0 Å². The molecule has 1 rings (SSSR count). The Kier molecular flexibility index (Phi) is 5.45. The Morgan fingerprint density at radius 3 is 3.00 bits per heavy atom. The topological polar surface area (TPSA) is 32.7 Å². The molecule has 0 aromatic heterocycles. The van der Waals surface area contributed by atoms with Gasteiger partial charge in [-0.25, -0.2) is 0 Å². The number of aliphatic hydroxyl groups is 1. The number of methoxy groups -OCH3 is 1. The Morgan fingerprint density at radius 1 is 1.57 bits per heavy atom. The van der Waals surface area contributed by atoms with Crippen LogP contribution in [0.4, 0.5) is 0 Å². The van der Waals surface area contributed by atoms with E-state index in [0.29, 0.717) is 0 Å². The first-order chi connectivity index (χ1) is 6.72. The molecule has 0 aromatic carbocycles. The van der Waals surface area contributed by atoms with Gasteiger partial charge in [-0.1, -0.05) is 0 Å². The van der Waals surface area contributed by atoms with Gasteiger partial charge in [-0.2, -0.15) is 0 Å². The summed E-state index contributed by atoms with van der Waals surface area (Å²) in [7, 11) is 1.77. The molecular formula is C11H23NO2. The van der Waals surface area contributed by atoms with Crippen molar-refractivity contribution in [2.24, 2.45) is 5.92 Å². The van der Waals surface area contributed by atoms with Crippen LogP contribution in [0.15, 0.2) is 0 Å². The fourth-order valence-corrected chi connectivity index (χ4v) is 2.10. The summed E-state index contributed by atoms with van der Waals surface area (Å²) < 4.78 is 5.15. The number of aliphatic hydroxyl groups excluding tert-OH is 1. The Labute approximate surface area is 87.1 Å². The van der Waals surface area contributed by atoms with E-state index >= 15 is 0 Å². The van der Waals surface area contributed by atoms with E-state index in [9.17, 15) is 0 Å². The second-order valence-electron chi connectivity index (χ2n) is 4.40. The number of hydrogen-bond acceptors (Lipinski definition) is 3. The minimum Gasteiger partial charge on any atom is -0.393 e. The van der Waals surface area contributed by atoms with E-state index < -0.39 is 0 Å². The summed E-state index contributed by atoms with van der Waals surface area (Å²) in [6, 6.07) is 0. The van der Waals surface area contributed by atoms with Gasteiger partial charge in [-0.15, -0.1) is 0 Å². The minimum absolute atomic E-state index is 0.146. The number of hydrogen-bond donors (Lipinski definition) is 1. The van der Waals surface area contributed by atoms with Crippen LogP contribution in [0, 0.1) is 5.92 Å². The van der Waals surface area contributed by atoms with Gasteiger partial charge in [-0.3, -0.25) is 0 Å². The number of likely N-dealkylation sites (tertiary alicyclic amines) is 1. The predicted molar refractivity (Wildman–Crippen MR) is 57.3 cm³/mol. The molecule has 3 heteroatoms. The van der Waals surface area contributed by atoms with E-state index in [2.05, 4.69) is 4.90 Å². The molecular weight excluding hydrogens is 178 g/mol. The zero-order chi connectivity index (χ0) is 10.4. The molecule has 0 amide bonds. The highest BCUT2D eigenvalue weighted by molar-refractivity contribution is 4.75. The lowest BCUT2D eigenvalue weighted by atomic mass is 10.1. The average molecular weight is 201 g/mol. The van der Waals surface area contributed by atoms with Crippen molar-refractivity contribution in [3.05, 3.63) is 0 Å². The third-order valence-electron chi connectivity index (χ3n) is 2.87. The van der Waals surface area contributed by atoms with Crippen LogP contribution in [-0.4, -0.2) is 49.5 Å². The monoisotopic (exact) mass is 201 g/mol. The highest BCUT2D eigenvalue weighted by Crippen LogP contribution is 2.16. The Bertz CT molecular complexity index is 150. The largest absolute Gasteiger partial charge is 0.393 e. The number of ether oxygens (including phenoxy) is 1. The minimum atomic E-state index is -0.146. The van der Waals surface area contributed by atoms with E-state index in [1.807, 2.05) is 6.92 Å². The number of rotatable bonds is 6. The van der Waals surface area contributed by atoms with Crippen molar-refractivity contribution < 1.29 is 9.84 Å². The summed E-state index contributed by atoms with van der Waals surface area (Å²) in [5.74, 6) is 0.728. The van der Waals surface area contributed by atoms with Crippen LogP contribution in [0.25, 0.3) is 0 Å². The van der Waals surface area contributed by atoms with Gasteiger partial charge in [0.25, 0.3) is 0 Å². The Hall–Kier alpha value is -0.120. The Balaban J connectivity index is 2.04. The van der Waals surface area contributed by atoms with Crippen LogP contribution in [0.1, 0.15) is 26.2 Å². The molecule has 1 aliphatic heterocycles.